The summed E-state index contributed by atoms with van der Waals surface area (Å²) in [5.74, 6) is 1.74. The van der Waals surface area contributed by atoms with Crippen molar-refractivity contribution in [2.24, 2.45) is 11.8 Å². The number of allylic oxidation sites excluding steroid dienone is 1. The van der Waals surface area contributed by atoms with Crippen LogP contribution in [0.1, 0.15) is 26.2 Å². The molecule has 0 radical (unpaired) electrons. The van der Waals surface area contributed by atoms with E-state index in [4.69, 9.17) is 0 Å². The first-order valence-corrected chi connectivity index (χ1v) is 3.47. The summed E-state index contributed by atoms with van der Waals surface area (Å²) >= 11 is 0. The molecule has 0 heteroatoms. The Kier molecular flexibility index (Phi) is 1.72. The molecule has 8 heavy (non-hydrogen) atoms. The molecule has 1 fully saturated rings. The predicted molar refractivity (Wildman–Crippen MR) is 36.7 cm³/mol. The summed E-state index contributed by atoms with van der Waals surface area (Å²) in [6.07, 6.45) is 6.32. The highest BCUT2D eigenvalue weighted by molar-refractivity contribution is 4.86. The highest BCUT2D eigenvalue weighted by Gasteiger charge is 2.19. The molecule has 1 rings (SSSR count). The van der Waals surface area contributed by atoms with Crippen LogP contribution in [-0.4, -0.2) is 0 Å². The zero-order chi connectivity index (χ0) is 5.98. The molecule has 1 aliphatic carbocycles. The standard InChI is InChI=1S/C8H14/c1-3-8-6-4-5-7(8)2/h3,7-8H,1,4-6H2,2H3. The molecule has 0 aromatic heterocycles. The second kappa shape index (κ2) is 2.34. The Hall–Kier alpha value is -0.260. The van der Waals surface area contributed by atoms with Gasteiger partial charge in [0.2, 0.25) is 0 Å². The third kappa shape index (κ3) is 0.936. The van der Waals surface area contributed by atoms with Gasteiger partial charge in [-0.3, -0.25) is 0 Å². The molecule has 0 nitrogen and oxygen atoms in total. The van der Waals surface area contributed by atoms with E-state index < -0.39 is 0 Å². The van der Waals surface area contributed by atoms with E-state index in [1.54, 1.807) is 0 Å². The average Bonchev–Trinajstić information content (AvgIpc) is 2.14. The van der Waals surface area contributed by atoms with Gasteiger partial charge in [-0.2, -0.15) is 0 Å². The van der Waals surface area contributed by atoms with E-state index in [1.165, 1.54) is 19.3 Å². The molecule has 46 valence electrons. The van der Waals surface area contributed by atoms with Crippen molar-refractivity contribution in [3.05, 3.63) is 12.7 Å². The third-order valence-electron chi connectivity index (χ3n) is 2.23. The highest BCUT2D eigenvalue weighted by atomic mass is 14.2. The van der Waals surface area contributed by atoms with Crippen molar-refractivity contribution in [1.82, 2.24) is 0 Å². The Bertz CT molecular complexity index is 84.0. The Morgan fingerprint density at radius 2 is 2.25 bits per heavy atom. The van der Waals surface area contributed by atoms with Crippen LogP contribution in [-0.2, 0) is 0 Å². The molecule has 0 saturated heterocycles. The first kappa shape index (κ1) is 5.87. The zero-order valence-corrected chi connectivity index (χ0v) is 5.56. The largest absolute Gasteiger partial charge is 0.103 e. The fraction of sp³-hybridized carbons (Fsp3) is 0.750. The summed E-state index contributed by atoms with van der Waals surface area (Å²) in [4.78, 5) is 0. The minimum atomic E-state index is 0.829. The molecule has 1 saturated carbocycles. The Labute approximate surface area is 51.6 Å². The van der Waals surface area contributed by atoms with Crippen LogP contribution in [0.15, 0.2) is 12.7 Å². The van der Waals surface area contributed by atoms with Gasteiger partial charge < -0.3 is 0 Å². The summed E-state index contributed by atoms with van der Waals surface area (Å²) in [6, 6.07) is 0. The van der Waals surface area contributed by atoms with Crippen LogP contribution in [0, 0.1) is 11.8 Å². The van der Waals surface area contributed by atoms with E-state index in [-0.39, 0.29) is 0 Å². The molecule has 0 spiro atoms. The SMILES string of the molecule is C=CC1CCCC1C. The van der Waals surface area contributed by atoms with Crippen molar-refractivity contribution in [3.63, 3.8) is 0 Å². The molecule has 0 aromatic rings. The van der Waals surface area contributed by atoms with Crippen molar-refractivity contribution < 1.29 is 0 Å². The van der Waals surface area contributed by atoms with E-state index >= 15 is 0 Å². The molecule has 2 atom stereocenters. The van der Waals surface area contributed by atoms with Crippen LogP contribution in [0.2, 0.25) is 0 Å². The van der Waals surface area contributed by atoms with Gasteiger partial charge in [0.1, 0.15) is 0 Å². The fourth-order valence-electron chi connectivity index (χ4n) is 1.52. The van der Waals surface area contributed by atoms with Gasteiger partial charge in [-0.15, -0.1) is 6.58 Å². The van der Waals surface area contributed by atoms with E-state index in [0.29, 0.717) is 0 Å². The summed E-state index contributed by atoms with van der Waals surface area (Å²) in [5.41, 5.74) is 0. The van der Waals surface area contributed by atoms with E-state index in [0.717, 1.165) is 11.8 Å². The van der Waals surface area contributed by atoms with Crippen LogP contribution in [0.4, 0.5) is 0 Å². The smallest absolute Gasteiger partial charge is 0.0210 e. The zero-order valence-electron chi connectivity index (χ0n) is 5.56. The van der Waals surface area contributed by atoms with Crippen LogP contribution < -0.4 is 0 Å². The fourth-order valence-corrected chi connectivity index (χ4v) is 1.52. The van der Waals surface area contributed by atoms with Gasteiger partial charge in [-0.25, -0.2) is 0 Å². The van der Waals surface area contributed by atoms with E-state index in [9.17, 15) is 0 Å². The molecule has 0 aliphatic heterocycles. The molecule has 0 N–H and O–H groups in total. The minimum absolute atomic E-state index is 0.829. The molecule has 0 amide bonds. The first-order chi connectivity index (χ1) is 3.84. The maximum absolute atomic E-state index is 3.79. The van der Waals surface area contributed by atoms with Crippen LogP contribution in [0.25, 0.3) is 0 Å². The average molecular weight is 110 g/mol. The van der Waals surface area contributed by atoms with Crippen molar-refractivity contribution in [1.29, 1.82) is 0 Å². The van der Waals surface area contributed by atoms with Gasteiger partial charge in [0, 0.05) is 0 Å². The molecular formula is C8H14. The van der Waals surface area contributed by atoms with Crippen molar-refractivity contribution in [3.8, 4) is 0 Å². The number of rotatable bonds is 1. The maximum Gasteiger partial charge on any atom is -0.0210 e. The molecule has 0 heterocycles. The lowest BCUT2D eigenvalue weighted by molar-refractivity contribution is 0.504. The lowest BCUT2D eigenvalue weighted by Crippen LogP contribution is -1.97. The third-order valence-corrected chi connectivity index (χ3v) is 2.23. The molecular weight excluding hydrogens is 96.1 g/mol. The van der Waals surface area contributed by atoms with Gasteiger partial charge in [-0.1, -0.05) is 25.8 Å². The summed E-state index contributed by atoms with van der Waals surface area (Å²) in [5, 5.41) is 0. The second-order valence-corrected chi connectivity index (χ2v) is 2.81. The molecule has 0 bridgehead atoms. The van der Waals surface area contributed by atoms with Crippen LogP contribution in [0.3, 0.4) is 0 Å². The van der Waals surface area contributed by atoms with E-state index in [1.807, 2.05) is 0 Å². The van der Waals surface area contributed by atoms with Gasteiger partial charge >= 0.3 is 0 Å². The molecule has 1 aliphatic rings. The van der Waals surface area contributed by atoms with Crippen molar-refractivity contribution >= 4 is 0 Å². The predicted octanol–water partition coefficient (Wildman–Crippen LogP) is 2.61. The maximum atomic E-state index is 3.79. The monoisotopic (exact) mass is 110 g/mol. The Morgan fingerprint density at radius 3 is 2.50 bits per heavy atom. The Balaban J connectivity index is 2.41. The quantitative estimate of drug-likeness (QED) is 0.455. The normalized spacial score (nSPS) is 37.6. The Morgan fingerprint density at radius 1 is 1.50 bits per heavy atom. The second-order valence-electron chi connectivity index (χ2n) is 2.81. The first-order valence-electron chi connectivity index (χ1n) is 3.47. The molecule has 0 aromatic carbocycles. The van der Waals surface area contributed by atoms with Gasteiger partial charge in [0.25, 0.3) is 0 Å². The van der Waals surface area contributed by atoms with Crippen LogP contribution >= 0.6 is 0 Å². The summed E-state index contributed by atoms with van der Waals surface area (Å²) < 4.78 is 0. The number of hydrogen-bond donors (Lipinski definition) is 0. The minimum Gasteiger partial charge on any atom is -0.103 e. The van der Waals surface area contributed by atoms with Crippen LogP contribution in [0.5, 0.6) is 0 Å². The summed E-state index contributed by atoms with van der Waals surface area (Å²) in [7, 11) is 0. The molecule has 2 unspecified atom stereocenters. The topological polar surface area (TPSA) is 0 Å². The lowest BCUT2D eigenvalue weighted by Gasteiger charge is -2.06. The van der Waals surface area contributed by atoms with Gasteiger partial charge in [-0.05, 0) is 18.3 Å². The lowest BCUT2D eigenvalue weighted by atomic mass is 9.99. The van der Waals surface area contributed by atoms with Gasteiger partial charge in [0.15, 0.2) is 0 Å². The summed E-state index contributed by atoms with van der Waals surface area (Å²) in [6.45, 7) is 6.11. The highest BCUT2D eigenvalue weighted by Crippen LogP contribution is 2.31. The van der Waals surface area contributed by atoms with Crippen molar-refractivity contribution in [2.75, 3.05) is 0 Å². The van der Waals surface area contributed by atoms with Crippen molar-refractivity contribution in [2.45, 2.75) is 26.2 Å². The number of hydrogen-bond acceptors (Lipinski definition) is 0. The van der Waals surface area contributed by atoms with E-state index in [2.05, 4.69) is 19.6 Å². The van der Waals surface area contributed by atoms with Gasteiger partial charge in [0.05, 0.1) is 0 Å².